The lowest BCUT2D eigenvalue weighted by atomic mass is 10.4. The summed E-state index contributed by atoms with van der Waals surface area (Å²) in [5.41, 5.74) is 2.03. The molecule has 0 aromatic carbocycles. The SMILES string of the molecule is C=C(Br)C(=O)NOC(=O)c1ccn[nH]1. The minimum Gasteiger partial charge on any atom is -0.333 e. The lowest BCUT2D eigenvalue weighted by molar-refractivity contribution is -0.125. The molecule has 6 nitrogen and oxygen atoms in total. The zero-order valence-corrected chi connectivity index (χ0v) is 8.50. The molecule has 0 unspecified atom stereocenters. The van der Waals surface area contributed by atoms with E-state index in [4.69, 9.17) is 0 Å². The molecule has 0 saturated heterocycles. The van der Waals surface area contributed by atoms with E-state index in [-0.39, 0.29) is 10.2 Å². The molecule has 7 heteroatoms. The second-order valence-corrected chi connectivity index (χ2v) is 3.15. The lowest BCUT2D eigenvalue weighted by Gasteiger charge is -2.02. The lowest BCUT2D eigenvalue weighted by Crippen LogP contribution is -2.26. The van der Waals surface area contributed by atoms with Crippen LogP contribution in [0.1, 0.15) is 10.5 Å². The van der Waals surface area contributed by atoms with Crippen LogP contribution in [0, 0.1) is 0 Å². The first-order valence-corrected chi connectivity index (χ1v) is 4.26. The van der Waals surface area contributed by atoms with E-state index in [0.717, 1.165) is 0 Å². The Morgan fingerprint density at radius 2 is 2.36 bits per heavy atom. The van der Waals surface area contributed by atoms with Gasteiger partial charge in [-0.2, -0.15) is 10.6 Å². The summed E-state index contributed by atoms with van der Waals surface area (Å²) in [6.07, 6.45) is 1.39. The van der Waals surface area contributed by atoms with Crippen molar-refractivity contribution in [2.24, 2.45) is 0 Å². The molecule has 1 aromatic rings. The zero-order chi connectivity index (χ0) is 10.6. The summed E-state index contributed by atoms with van der Waals surface area (Å²) in [4.78, 5) is 26.3. The third-order valence-electron chi connectivity index (χ3n) is 1.20. The van der Waals surface area contributed by atoms with Gasteiger partial charge in [0, 0.05) is 6.20 Å². The van der Waals surface area contributed by atoms with Gasteiger partial charge in [0.1, 0.15) is 5.69 Å². The Kier molecular flexibility index (Phi) is 3.41. The minimum absolute atomic E-state index is 0.0647. The van der Waals surface area contributed by atoms with Gasteiger partial charge in [0.15, 0.2) is 0 Å². The van der Waals surface area contributed by atoms with Crippen LogP contribution in [0.25, 0.3) is 0 Å². The van der Waals surface area contributed by atoms with Crippen molar-refractivity contribution in [3.05, 3.63) is 29.0 Å². The number of aromatic amines is 1. The molecule has 74 valence electrons. The van der Waals surface area contributed by atoms with Gasteiger partial charge in [-0.15, -0.1) is 0 Å². The summed E-state index contributed by atoms with van der Waals surface area (Å²) in [5, 5.41) is 5.92. The van der Waals surface area contributed by atoms with E-state index in [1.54, 1.807) is 0 Å². The highest BCUT2D eigenvalue weighted by Gasteiger charge is 2.11. The molecule has 0 bridgehead atoms. The summed E-state index contributed by atoms with van der Waals surface area (Å²) in [6, 6.07) is 1.41. The Hall–Kier alpha value is -1.63. The van der Waals surface area contributed by atoms with Crippen LogP contribution in [0.15, 0.2) is 23.3 Å². The monoisotopic (exact) mass is 259 g/mol. The molecular formula is C7H6BrN3O3. The topological polar surface area (TPSA) is 84.1 Å². The van der Waals surface area contributed by atoms with Gasteiger partial charge < -0.3 is 4.84 Å². The van der Waals surface area contributed by atoms with Crippen molar-refractivity contribution in [2.45, 2.75) is 0 Å². The molecular weight excluding hydrogens is 254 g/mol. The molecule has 1 aromatic heterocycles. The van der Waals surface area contributed by atoms with Crippen LogP contribution in [0.2, 0.25) is 0 Å². The fourth-order valence-electron chi connectivity index (χ4n) is 0.573. The van der Waals surface area contributed by atoms with Crippen LogP contribution in [0.4, 0.5) is 0 Å². The van der Waals surface area contributed by atoms with E-state index in [2.05, 4.69) is 37.5 Å². The predicted molar refractivity (Wildman–Crippen MR) is 50.2 cm³/mol. The van der Waals surface area contributed by atoms with Gasteiger partial charge in [-0.1, -0.05) is 6.58 Å². The van der Waals surface area contributed by atoms with Crippen LogP contribution in [0.5, 0.6) is 0 Å². The Labute approximate surface area is 87.4 Å². The molecule has 0 saturated carbocycles. The van der Waals surface area contributed by atoms with Gasteiger partial charge in [0.2, 0.25) is 0 Å². The largest absolute Gasteiger partial charge is 0.380 e. The first kappa shape index (κ1) is 10.5. The number of nitrogens with zero attached hydrogens (tertiary/aromatic N) is 1. The summed E-state index contributed by atoms with van der Waals surface area (Å²) in [7, 11) is 0. The molecule has 0 aliphatic heterocycles. The zero-order valence-electron chi connectivity index (χ0n) is 6.91. The number of carbonyl (C=O) groups excluding carboxylic acids is 2. The van der Waals surface area contributed by atoms with Gasteiger partial charge >= 0.3 is 5.97 Å². The van der Waals surface area contributed by atoms with Crippen LogP contribution in [0.3, 0.4) is 0 Å². The number of hydrogen-bond donors (Lipinski definition) is 2. The Bertz CT molecular complexity index is 360. The number of nitrogens with one attached hydrogen (secondary N) is 2. The molecule has 0 atom stereocenters. The number of carbonyl (C=O) groups is 2. The van der Waals surface area contributed by atoms with E-state index in [1.165, 1.54) is 12.3 Å². The Morgan fingerprint density at radius 1 is 1.64 bits per heavy atom. The third-order valence-corrected chi connectivity index (χ3v) is 1.56. The fraction of sp³-hybridized carbons (Fsp3) is 0. The van der Waals surface area contributed by atoms with Gasteiger partial charge in [-0.25, -0.2) is 4.79 Å². The third kappa shape index (κ3) is 2.70. The normalized spacial score (nSPS) is 9.21. The Morgan fingerprint density at radius 3 is 2.86 bits per heavy atom. The van der Waals surface area contributed by atoms with Crippen molar-refractivity contribution in [3.8, 4) is 0 Å². The number of halogens is 1. The Balaban J connectivity index is 2.44. The van der Waals surface area contributed by atoms with E-state index in [0.29, 0.717) is 0 Å². The van der Waals surface area contributed by atoms with Crippen LogP contribution in [-0.2, 0) is 9.63 Å². The van der Waals surface area contributed by atoms with E-state index in [1.807, 2.05) is 5.48 Å². The van der Waals surface area contributed by atoms with Crippen molar-refractivity contribution in [1.82, 2.24) is 15.7 Å². The molecule has 0 spiro atoms. The van der Waals surface area contributed by atoms with Gasteiger partial charge in [-0.05, 0) is 22.0 Å². The average Bonchev–Trinajstić information content (AvgIpc) is 2.66. The standard InChI is InChI=1S/C7H6BrN3O3/c1-4(8)6(12)11-14-7(13)5-2-3-9-10-5/h2-3H,1H2,(H,9,10)(H,11,12). The molecule has 1 amide bonds. The van der Waals surface area contributed by atoms with Crippen LogP contribution < -0.4 is 5.48 Å². The first-order chi connectivity index (χ1) is 6.61. The summed E-state index contributed by atoms with van der Waals surface area (Å²) in [6.45, 7) is 3.29. The second-order valence-electron chi connectivity index (χ2n) is 2.20. The van der Waals surface area contributed by atoms with E-state index < -0.39 is 11.9 Å². The summed E-state index contributed by atoms with van der Waals surface area (Å²) >= 11 is 2.82. The first-order valence-electron chi connectivity index (χ1n) is 3.46. The highest BCUT2D eigenvalue weighted by atomic mass is 79.9. The van der Waals surface area contributed by atoms with E-state index >= 15 is 0 Å². The molecule has 0 radical (unpaired) electrons. The fourth-order valence-corrected chi connectivity index (χ4v) is 0.654. The molecule has 2 N–H and O–H groups in total. The number of amides is 1. The van der Waals surface area contributed by atoms with Crippen molar-refractivity contribution in [1.29, 1.82) is 0 Å². The smallest absolute Gasteiger partial charge is 0.333 e. The van der Waals surface area contributed by atoms with Crippen molar-refractivity contribution < 1.29 is 14.4 Å². The van der Waals surface area contributed by atoms with Crippen LogP contribution >= 0.6 is 15.9 Å². The average molecular weight is 260 g/mol. The van der Waals surface area contributed by atoms with Crippen molar-refractivity contribution in [2.75, 3.05) is 0 Å². The quantitative estimate of drug-likeness (QED) is 0.599. The minimum atomic E-state index is -0.732. The maximum absolute atomic E-state index is 11.1. The molecule has 0 aliphatic rings. The van der Waals surface area contributed by atoms with Gasteiger partial charge in [0.25, 0.3) is 5.91 Å². The molecule has 1 heterocycles. The molecule has 0 aliphatic carbocycles. The summed E-state index contributed by atoms with van der Waals surface area (Å²) < 4.78 is 0.0647. The summed E-state index contributed by atoms with van der Waals surface area (Å²) in [5.74, 6) is -1.36. The van der Waals surface area contributed by atoms with Crippen molar-refractivity contribution >= 4 is 27.8 Å². The number of hydrogen-bond acceptors (Lipinski definition) is 4. The number of aromatic nitrogens is 2. The second kappa shape index (κ2) is 4.56. The predicted octanol–water partition coefficient (Wildman–Crippen LogP) is 0.506. The maximum atomic E-state index is 11.1. The van der Waals surface area contributed by atoms with Gasteiger partial charge in [0.05, 0.1) is 4.48 Å². The number of H-pyrrole nitrogens is 1. The highest BCUT2D eigenvalue weighted by Crippen LogP contribution is 2.00. The van der Waals surface area contributed by atoms with Gasteiger partial charge in [-0.3, -0.25) is 9.89 Å². The van der Waals surface area contributed by atoms with Crippen LogP contribution in [-0.4, -0.2) is 22.1 Å². The maximum Gasteiger partial charge on any atom is 0.380 e. The number of rotatable bonds is 2. The molecule has 14 heavy (non-hydrogen) atoms. The number of hydroxylamine groups is 1. The highest BCUT2D eigenvalue weighted by molar-refractivity contribution is 9.12. The molecule has 0 fully saturated rings. The van der Waals surface area contributed by atoms with Crippen molar-refractivity contribution in [3.63, 3.8) is 0 Å². The molecule has 1 rings (SSSR count). The van der Waals surface area contributed by atoms with E-state index in [9.17, 15) is 9.59 Å².